The Balaban J connectivity index is 1.92. The number of hydrogen-bond acceptors (Lipinski definition) is 3. The van der Waals surface area contributed by atoms with E-state index in [0.29, 0.717) is 10.8 Å². The molecule has 0 spiro atoms. The maximum Gasteiger partial charge on any atom is 0.185 e. The molecule has 1 unspecified atom stereocenters. The van der Waals surface area contributed by atoms with Crippen molar-refractivity contribution in [2.45, 2.75) is 25.3 Å². The number of halogens is 2. The minimum absolute atomic E-state index is 0.167. The van der Waals surface area contributed by atoms with E-state index in [2.05, 4.69) is 20.5 Å². The van der Waals surface area contributed by atoms with Crippen LogP contribution >= 0.6 is 11.6 Å². The maximum atomic E-state index is 13.8. The van der Waals surface area contributed by atoms with Crippen molar-refractivity contribution in [3.05, 3.63) is 34.9 Å². The topological polar surface area (TPSA) is 53.6 Å². The van der Waals surface area contributed by atoms with Crippen LogP contribution in [0.15, 0.2) is 18.2 Å². The minimum atomic E-state index is -0.408. The van der Waals surface area contributed by atoms with Gasteiger partial charge in [0.25, 0.3) is 0 Å². The zero-order valence-corrected chi connectivity index (χ0v) is 11.0. The van der Waals surface area contributed by atoms with E-state index in [-0.39, 0.29) is 11.6 Å². The van der Waals surface area contributed by atoms with Crippen molar-refractivity contribution < 1.29 is 4.39 Å². The first-order chi connectivity index (χ1) is 9.25. The maximum absolute atomic E-state index is 13.8. The van der Waals surface area contributed by atoms with Gasteiger partial charge in [0.2, 0.25) is 0 Å². The van der Waals surface area contributed by atoms with Crippen LogP contribution in [-0.2, 0) is 0 Å². The predicted molar refractivity (Wildman–Crippen MR) is 71.4 cm³/mol. The fourth-order valence-electron chi connectivity index (χ4n) is 2.34. The van der Waals surface area contributed by atoms with E-state index >= 15 is 0 Å². The van der Waals surface area contributed by atoms with Crippen LogP contribution in [0.4, 0.5) is 4.39 Å². The third-order valence-electron chi connectivity index (χ3n) is 3.33. The Hall–Kier alpha value is -1.46. The molecule has 0 radical (unpaired) electrons. The van der Waals surface area contributed by atoms with Gasteiger partial charge in [0.05, 0.1) is 16.6 Å². The molecule has 0 bridgehead atoms. The molecule has 0 saturated carbocycles. The zero-order chi connectivity index (χ0) is 13.2. The lowest BCUT2D eigenvalue weighted by atomic mass is 10.0. The number of rotatable bonds is 2. The Morgan fingerprint density at radius 3 is 2.95 bits per heavy atom. The number of H-pyrrole nitrogens is 1. The molecule has 1 aliphatic rings. The van der Waals surface area contributed by atoms with Crippen molar-refractivity contribution in [3.63, 3.8) is 0 Å². The predicted octanol–water partition coefficient (Wildman–Crippen LogP) is 3.08. The number of hydrogen-bond donors (Lipinski definition) is 2. The van der Waals surface area contributed by atoms with E-state index in [1.807, 2.05) is 0 Å². The van der Waals surface area contributed by atoms with Crippen molar-refractivity contribution in [2.75, 3.05) is 6.54 Å². The molecule has 1 aliphatic heterocycles. The third kappa shape index (κ3) is 2.48. The van der Waals surface area contributed by atoms with E-state index in [0.717, 1.165) is 25.2 Å². The van der Waals surface area contributed by atoms with E-state index in [1.165, 1.54) is 12.5 Å². The molecule has 3 rings (SSSR count). The Morgan fingerprint density at radius 1 is 1.32 bits per heavy atom. The van der Waals surface area contributed by atoms with Crippen molar-refractivity contribution >= 4 is 11.6 Å². The van der Waals surface area contributed by atoms with E-state index in [9.17, 15) is 4.39 Å². The van der Waals surface area contributed by atoms with Gasteiger partial charge in [0.1, 0.15) is 11.6 Å². The second-order valence-corrected chi connectivity index (χ2v) is 5.05. The van der Waals surface area contributed by atoms with Crippen LogP contribution in [0.5, 0.6) is 0 Å². The molecule has 2 aromatic rings. The summed E-state index contributed by atoms with van der Waals surface area (Å²) in [5.41, 5.74) is 0.252. The quantitative estimate of drug-likeness (QED) is 0.889. The average Bonchev–Trinajstić information content (AvgIpc) is 2.89. The molecule has 1 aromatic heterocycles. The lowest BCUT2D eigenvalue weighted by molar-refractivity contribution is 0.398. The molecule has 1 aromatic carbocycles. The minimum Gasteiger partial charge on any atom is -0.307 e. The van der Waals surface area contributed by atoms with Crippen LogP contribution in [0, 0.1) is 5.82 Å². The first-order valence-electron chi connectivity index (χ1n) is 6.36. The number of benzene rings is 1. The highest BCUT2D eigenvalue weighted by Gasteiger charge is 2.20. The monoisotopic (exact) mass is 280 g/mol. The van der Waals surface area contributed by atoms with Crippen LogP contribution in [0.2, 0.25) is 5.02 Å². The van der Waals surface area contributed by atoms with Gasteiger partial charge < -0.3 is 5.32 Å². The molecule has 4 nitrogen and oxygen atoms in total. The summed E-state index contributed by atoms with van der Waals surface area (Å²) in [5.74, 6) is 0.647. The van der Waals surface area contributed by atoms with E-state index in [1.54, 1.807) is 12.1 Å². The third-order valence-corrected chi connectivity index (χ3v) is 3.64. The smallest absolute Gasteiger partial charge is 0.185 e. The highest BCUT2D eigenvalue weighted by molar-refractivity contribution is 6.33. The molecule has 100 valence electrons. The summed E-state index contributed by atoms with van der Waals surface area (Å²) < 4.78 is 13.8. The van der Waals surface area contributed by atoms with Crippen LogP contribution in [0.1, 0.15) is 31.1 Å². The number of piperidine rings is 1. The van der Waals surface area contributed by atoms with Crippen LogP contribution in [-0.4, -0.2) is 21.7 Å². The van der Waals surface area contributed by atoms with Gasteiger partial charge in [-0.2, -0.15) is 5.10 Å². The second-order valence-electron chi connectivity index (χ2n) is 4.64. The van der Waals surface area contributed by atoms with Gasteiger partial charge in [0.15, 0.2) is 5.82 Å². The van der Waals surface area contributed by atoms with E-state index in [4.69, 9.17) is 11.6 Å². The van der Waals surface area contributed by atoms with Gasteiger partial charge in [-0.05, 0) is 31.5 Å². The summed E-state index contributed by atoms with van der Waals surface area (Å²) in [6.07, 6.45) is 3.35. The Labute approximate surface area is 115 Å². The van der Waals surface area contributed by atoms with Crippen molar-refractivity contribution in [2.24, 2.45) is 0 Å². The molecule has 2 N–H and O–H groups in total. The Bertz CT molecular complexity index is 558. The molecular weight excluding hydrogens is 267 g/mol. The summed E-state index contributed by atoms with van der Waals surface area (Å²) in [6.45, 7) is 0.973. The molecule has 1 fully saturated rings. The standard InChI is InChI=1S/C13H14ClFN4/c14-8-4-3-5-9(15)11(8)13-17-12(18-19-13)10-6-1-2-7-16-10/h3-5,10,16H,1-2,6-7H2,(H,17,18,19). The van der Waals surface area contributed by atoms with E-state index < -0.39 is 5.82 Å². The number of aromatic amines is 1. The van der Waals surface area contributed by atoms with Crippen molar-refractivity contribution in [3.8, 4) is 11.4 Å². The van der Waals surface area contributed by atoms with Crippen LogP contribution in [0.25, 0.3) is 11.4 Å². The summed E-state index contributed by atoms with van der Waals surface area (Å²) >= 11 is 6.01. The van der Waals surface area contributed by atoms with Crippen LogP contribution in [0.3, 0.4) is 0 Å². The molecule has 19 heavy (non-hydrogen) atoms. The normalized spacial score (nSPS) is 19.6. The summed E-state index contributed by atoms with van der Waals surface area (Å²) in [4.78, 5) is 4.37. The first-order valence-corrected chi connectivity index (χ1v) is 6.73. The zero-order valence-electron chi connectivity index (χ0n) is 10.3. The molecule has 0 aliphatic carbocycles. The van der Waals surface area contributed by atoms with Gasteiger partial charge in [0, 0.05) is 0 Å². The number of nitrogens with one attached hydrogen (secondary N) is 2. The Kier molecular flexibility index (Phi) is 3.48. The highest BCUT2D eigenvalue weighted by Crippen LogP contribution is 2.29. The molecule has 0 amide bonds. The lowest BCUT2D eigenvalue weighted by Gasteiger charge is -2.20. The van der Waals surface area contributed by atoms with Gasteiger partial charge >= 0.3 is 0 Å². The highest BCUT2D eigenvalue weighted by atomic mass is 35.5. The molecule has 2 heterocycles. The van der Waals surface area contributed by atoms with Gasteiger partial charge in [-0.3, -0.25) is 5.10 Å². The fourth-order valence-corrected chi connectivity index (χ4v) is 2.59. The van der Waals surface area contributed by atoms with Gasteiger partial charge in [-0.1, -0.05) is 24.1 Å². The molecule has 6 heteroatoms. The Morgan fingerprint density at radius 2 is 2.21 bits per heavy atom. The number of aromatic nitrogens is 3. The van der Waals surface area contributed by atoms with Crippen molar-refractivity contribution in [1.82, 2.24) is 20.5 Å². The number of nitrogens with zero attached hydrogens (tertiary/aromatic N) is 2. The molecule has 1 atom stereocenters. The second kappa shape index (κ2) is 5.27. The summed E-state index contributed by atoms with van der Waals surface area (Å²) in [7, 11) is 0. The summed E-state index contributed by atoms with van der Waals surface area (Å²) in [6, 6.07) is 4.73. The molecular formula is C13H14ClFN4. The summed E-state index contributed by atoms with van der Waals surface area (Å²) in [5, 5.41) is 10.7. The first kappa shape index (κ1) is 12.6. The average molecular weight is 281 g/mol. The van der Waals surface area contributed by atoms with Crippen molar-refractivity contribution in [1.29, 1.82) is 0 Å². The SMILES string of the molecule is Fc1cccc(Cl)c1-c1n[nH]c(C2CCCCN2)n1. The lowest BCUT2D eigenvalue weighted by Crippen LogP contribution is -2.27. The largest absolute Gasteiger partial charge is 0.307 e. The fraction of sp³-hybridized carbons (Fsp3) is 0.385. The van der Waals surface area contributed by atoms with Gasteiger partial charge in [-0.25, -0.2) is 9.37 Å². The molecule has 1 saturated heterocycles. The van der Waals surface area contributed by atoms with Gasteiger partial charge in [-0.15, -0.1) is 0 Å². The van der Waals surface area contributed by atoms with Crippen LogP contribution < -0.4 is 5.32 Å².